The van der Waals surface area contributed by atoms with Crippen molar-refractivity contribution in [2.45, 2.75) is 20.8 Å². The number of rotatable bonds is 11. The second kappa shape index (κ2) is 13.7. The lowest BCUT2D eigenvalue weighted by Gasteiger charge is -2.13. The van der Waals surface area contributed by atoms with Gasteiger partial charge in [0.2, 0.25) is 5.91 Å². The van der Waals surface area contributed by atoms with E-state index in [1.807, 2.05) is 39.0 Å². The number of nitrogens with zero attached hydrogens (tertiary/aromatic N) is 1. The topological polar surface area (TPSA) is 123 Å². The first-order chi connectivity index (χ1) is 20.2. The zero-order valence-corrected chi connectivity index (χ0v) is 24.5. The van der Waals surface area contributed by atoms with E-state index < -0.39 is 23.6 Å². The van der Waals surface area contributed by atoms with Gasteiger partial charge in [-0.15, -0.1) is 0 Å². The van der Waals surface area contributed by atoms with Crippen LogP contribution >= 0.6 is 11.8 Å². The Bertz CT molecular complexity index is 1540. The largest absolute Gasteiger partial charge is 0.494 e. The third-order valence-electron chi connectivity index (χ3n) is 6.26. The van der Waals surface area contributed by atoms with Crippen LogP contribution in [0.3, 0.4) is 0 Å². The Morgan fingerprint density at radius 1 is 0.857 bits per heavy atom. The van der Waals surface area contributed by atoms with Crippen molar-refractivity contribution in [1.29, 1.82) is 0 Å². The molecule has 0 radical (unpaired) electrons. The Morgan fingerprint density at radius 3 is 2.26 bits per heavy atom. The third-order valence-corrected chi connectivity index (χ3v) is 7.17. The third kappa shape index (κ3) is 7.70. The molecule has 0 spiro atoms. The molecule has 10 nitrogen and oxygen atoms in total. The number of hydrogen-bond acceptors (Lipinski definition) is 8. The summed E-state index contributed by atoms with van der Waals surface area (Å²) in [4.78, 5) is 51.4. The molecule has 3 aromatic carbocycles. The van der Waals surface area contributed by atoms with Gasteiger partial charge >= 0.3 is 0 Å². The Morgan fingerprint density at radius 2 is 1.57 bits per heavy atom. The fourth-order valence-electron chi connectivity index (χ4n) is 3.99. The van der Waals surface area contributed by atoms with Crippen molar-refractivity contribution >= 4 is 52.2 Å². The number of ether oxygens (including phenoxy) is 3. The van der Waals surface area contributed by atoms with Crippen LogP contribution < -0.4 is 24.8 Å². The van der Waals surface area contributed by atoms with Crippen molar-refractivity contribution in [2.24, 2.45) is 0 Å². The Hall–Kier alpha value is -4.77. The van der Waals surface area contributed by atoms with Crippen LogP contribution in [0.25, 0.3) is 6.08 Å². The molecule has 42 heavy (non-hydrogen) atoms. The Labute approximate surface area is 248 Å². The highest BCUT2D eigenvalue weighted by atomic mass is 32.2. The van der Waals surface area contributed by atoms with Crippen molar-refractivity contribution in [1.82, 2.24) is 4.90 Å². The van der Waals surface area contributed by atoms with Gasteiger partial charge in [0, 0.05) is 11.4 Å². The predicted molar refractivity (Wildman–Crippen MR) is 162 cm³/mol. The molecule has 1 fully saturated rings. The number of imide groups is 1. The van der Waals surface area contributed by atoms with Gasteiger partial charge in [0.25, 0.3) is 17.1 Å². The van der Waals surface area contributed by atoms with Crippen LogP contribution in [0.2, 0.25) is 0 Å². The Kier molecular flexibility index (Phi) is 9.87. The molecule has 4 rings (SSSR count). The molecular weight excluding hydrogens is 558 g/mol. The molecule has 0 bridgehead atoms. The van der Waals surface area contributed by atoms with Crippen molar-refractivity contribution in [3.8, 4) is 17.2 Å². The molecule has 1 heterocycles. The summed E-state index contributed by atoms with van der Waals surface area (Å²) in [6, 6.07) is 17.3. The second-order valence-electron chi connectivity index (χ2n) is 9.32. The van der Waals surface area contributed by atoms with Crippen LogP contribution in [-0.2, 0) is 14.4 Å². The van der Waals surface area contributed by atoms with Crippen molar-refractivity contribution in [3.05, 3.63) is 82.3 Å². The van der Waals surface area contributed by atoms with Crippen LogP contribution in [-0.4, -0.2) is 54.7 Å². The molecule has 0 atom stereocenters. The molecule has 1 aliphatic heterocycles. The minimum atomic E-state index is -0.575. The molecule has 0 unspecified atom stereocenters. The van der Waals surface area contributed by atoms with Gasteiger partial charge in [-0.05, 0) is 104 Å². The summed E-state index contributed by atoms with van der Waals surface area (Å²) in [6.45, 7) is 5.70. The number of amides is 4. The summed E-state index contributed by atoms with van der Waals surface area (Å²) in [5, 5.41) is 4.93. The number of carbonyl (C=O) groups is 4. The van der Waals surface area contributed by atoms with Crippen molar-refractivity contribution in [3.63, 3.8) is 0 Å². The SMILES string of the molecule is CCOc1ccc(NC(=O)CN2C(=O)S/C(=C/c3ccc(OCC(=O)Nc4ccc(C)c(C)c4)c(OC)c3)C2=O)cc1. The van der Waals surface area contributed by atoms with Gasteiger partial charge in [-0.2, -0.15) is 0 Å². The molecule has 0 saturated carbocycles. The molecular formula is C31H31N3O7S. The van der Waals surface area contributed by atoms with E-state index in [1.54, 1.807) is 42.5 Å². The van der Waals surface area contributed by atoms with Crippen LogP contribution in [0.15, 0.2) is 65.6 Å². The maximum absolute atomic E-state index is 12.9. The summed E-state index contributed by atoms with van der Waals surface area (Å²) in [7, 11) is 1.46. The molecule has 1 saturated heterocycles. The molecule has 1 aliphatic rings. The standard InChI is InChI=1S/C31H31N3O7S/c1-5-40-24-11-9-22(10-12-24)32-28(35)17-34-30(37)27(42-31(34)38)16-21-7-13-25(26(15-21)39-4)41-18-29(36)33-23-8-6-19(2)20(3)14-23/h6-16H,5,17-18H2,1-4H3,(H,32,35)(H,33,36)/b27-16+. The van der Waals surface area contributed by atoms with Crippen LogP contribution in [0, 0.1) is 13.8 Å². The van der Waals surface area contributed by atoms with Crippen molar-refractivity contribution in [2.75, 3.05) is 37.5 Å². The molecule has 3 aromatic rings. The van der Waals surface area contributed by atoms with Gasteiger partial charge in [-0.1, -0.05) is 12.1 Å². The van der Waals surface area contributed by atoms with Crippen LogP contribution in [0.1, 0.15) is 23.6 Å². The summed E-state index contributed by atoms with van der Waals surface area (Å²) < 4.78 is 16.5. The monoisotopic (exact) mass is 589 g/mol. The minimum Gasteiger partial charge on any atom is -0.494 e. The first-order valence-electron chi connectivity index (χ1n) is 13.1. The zero-order chi connectivity index (χ0) is 30.2. The zero-order valence-electron chi connectivity index (χ0n) is 23.7. The van der Waals surface area contributed by atoms with Gasteiger partial charge in [0.1, 0.15) is 12.3 Å². The highest BCUT2D eigenvalue weighted by Gasteiger charge is 2.36. The number of anilines is 2. The molecule has 4 amide bonds. The van der Waals surface area contributed by atoms with E-state index in [0.717, 1.165) is 27.8 Å². The normalized spacial score (nSPS) is 13.7. The number of thioether (sulfide) groups is 1. The fourth-order valence-corrected chi connectivity index (χ4v) is 4.82. The van der Waals surface area contributed by atoms with E-state index in [4.69, 9.17) is 14.2 Å². The van der Waals surface area contributed by atoms with Gasteiger partial charge in [0.05, 0.1) is 18.6 Å². The highest BCUT2D eigenvalue weighted by molar-refractivity contribution is 8.18. The first-order valence-corrected chi connectivity index (χ1v) is 13.9. The fraction of sp³-hybridized carbons (Fsp3) is 0.226. The van der Waals surface area contributed by atoms with Gasteiger partial charge in [-0.25, -0.2) is 0 Å². The summed E-state index contributed by atoms with van der Waals surface area (Å²) in [5.41, 5.74) is 3.96. The number of aryl methyl sites for hydroxylation is 2. The second-order valence-corrected chi connectivity index (χ2v) is 10.3. The number of methoxy groups -OCH3 is 1. The van der Waals surface area contributed by atoms with Gasteiger partial charge in [0.15, 0.2) is 18.1 Å². The molecule has 218 valence electrons. The lowest BCUT2D eigenvalue weighted by atomic mass is 10.1. The quantitative estimate of drug-likeness (QED) is 0.285. The molecule has 2 N–H and O–H groups in total. The highest BCUT2D eigenvalue weighted by Crippen LogP contribution is 2.34. The number of nitrogens with one attached hydrogen (secondary N) is 2. The lowest BCUT2D eigenvalue weighted by Crippen LogP contribution is -2.36. The van der Waals surface area contributed by atoms with Gasteiger partial charge in [-0.3, -0.25) is 24.1 Å². The lowest BCUT2D eigenvalue weighted by molar-refractivity contribution is -0.127. The van der Waals surface area contributed by atoms with Gasteiger partial charge < -0.3 is 24.8 Å². The number of benzene rings is 3. The predicted octanol–water partition coefficient (Wildman–Crippen LogP) is 5.40. The van der Waals surface area contributed by atoms with E-state index in [0.29, 0.717) is 40.8 Å². The van der Waals surface area contributed by atoms with E-state index in [9.17, 15) is 19.2 Å². The average molecular weight is 590 g/mol. The van der Waals surface area contributed by atoms with Crippen molar-refractivity contribution < 1.29 is 33.4 Å². The first kappa shape index (κ1) is 30.2. The van der Waals surface area contributed by atoms with E-state index in [1.165, 1.54) is 13.2 Å². The minimum absolute atomic E-state index is 0.164. The average Bonchev–Trinajstić information content (AvgIpc) is 3.22. The van der Waals surface area contributed by atoms with E-state index in [2.05, 4.69) is 10.6 Å². The molecule has 0 aromatic heterocycles. The van der Waals surface area contributed by atoms with Crippen LogP contribution in [0.5, 0.6) is 17.2 Å². The molecule has 11 heteroatoms. The molecule has 0 aliphatic carbocycles. The number of carbonyl (C=O) groups excluding carboxylic acids is 4. The maximum Gasteiger partial charge on any atom is 0.294 e. The summed E-state index contributed by atoms with van der Waals surface area (Å²) in [6.07, 6.45) is 1.54. The number of hydrogen-bond donors (Lipinski definition) is 2. The summed E-state index contributed by atoms with van der Waals surface area (Å²) in [5.74, 6) is -0.0617. The smallest absolute Gasteiger partial charge is 0.294 e. The van der Waals surface area contributed by atoms with E-state index in [-0.39, 0.29) is 17.4 Å². The summed E-state index contributed by atoms with van der Waals surface area (Å²) >= 11 is 0.744. The van der Waals surface area contributed by atoms with Crippen LogP contribution in [0.4, 0.5) is 16.2 Å². The Balaban J connectivity index is 1.35. The van der Waals surface area contributed by atoms with E-state index >= 15 is 0 Å². The maximum atomic E-state index is 12.9.